The van der Waals surface area contributed by atoms with E-state index in [2.05, 4.69) is 6.92 Å². The van der Waals surface area contributed by atoms with Crippen LogP contribution in [-0.4, -0.2) is 45.0 Å². The van der Waals surface area contributed by atoms with Crippen molar-refractivity contribution in [1.82, 2.24) is 0 Å². The van der Waals surface area contributed by atoms with Crippen LogP contribution in [0.25, 0.3) is 0 Å². The van der Waals surface area contributed by atoms with Gasteiger partial charge in [-0.2, -0.15) is 33.7 Å². The zero-order valence-electron chi connectivity index (χ0n) is 24.1. The summed E-state index contributed by atoms with van der Waals surface area (Å²) in [5, 5.41) is 32.5. The molecule has 0 heterocycles. The number of unbranched alkanes of at least 4 members (excludes halogenated alkanes) is 6. The molecule has 41 heavy (non-hydrogen) atoms. The van der Waals surface area contributed by atoms with Gasteiger partial charge >= 0.3 is 12.1 Å². The number of rotatable bonds is 14. The maximum atomic E-state index is 12.9. The molecule has 2 fully saturated rings. The fourth-order valence-corrected chi connectivity index (χ4v) is 9.14. The second-order valence-corrected chi connectivity index (χ2v) is 14.3. The lowest BCUT2D eigenvalue weighted by molar-refractivity contribution is -0.284. The molecule has 7 atom stereocenters. The van der Waals surface area contributed by atoms with Crippen molar-refractivity contribution in [2.45, 2.75) is 127 Å². The number of aliphatic hydroxyl groups is 2. The highest BCUT2D eigenvalue weighted by molar-refractivity contribution is 7.99. The molecule has 1 aromatic carbocycles. The van der Waals surface area contributed by atoms with Gasteiger partial charge in [0.05, 0.1) is 12.2 Å². The Morgan fingerprint density at radius 3 is 2.22 bits per heavy atom. The van der Waals surface area contributed by atoms with E-state index in [0.717, 1.165) is 88.4 Å². The largest absolute Gasteiger partial charge is 0.508 e. The van der Waals surface area contributed by atoms with Gasteiger partial charge in [-0.3, -0.25) is 0 Å². The van der Waals surface area contributed by atoms with Gasteiger partial charge in [0.25, 0.3) is 0 Å². The van der Waals surface area contributed by atoms with Crippen molar-refractivity contribution in [3.63, 3.8) is 0 Å². The number of aromatic hydroxyl groups is 1. The smallest absolute Gasteiger partial charge is 0.453 e. The third-order valence-electron chi connectivity index (χ3n) is 10.5. The molecule has 0 spiro atoms. The van der Waals surface area contributed by atoms with Gasteiger partial charge in [0, 0.05) is 6.42 Å². The summed E-state index contributed by atoms with van der Waals surface area (Å²) < 4.78 is 62.4. The third kappa shape index (κ3) is 7.36. The van der Waals surface area contributed by atoms with E-state index >= 15 is 0 Å². The Labute approximate surface area is 245 Å². The molecule has 0 radical (unpaired) electrons. The van der Waals surface area contributed by atoms with Crippen molar-refractivity contribution in [2.24, 2.45) is 23.2 Å². The number of halogens is 5. The van der Waals surface area contributed by atoms with E-state index in [1.807, 2.05) is 6.07 Å². The summed E-state index contributed by atoms with van der Waals surface area (Å²) in [6, 6.07) is 5.48. The Kier molecular flexibility index (Phi) is 11.0. The predicted molar refractivity (Wildman–Crippen MR) is 153 cm³/mol. The summed E-state index contributed by atoms with van der Waals surface area (Å²) in [6.07, 6.45) is 4.54. The molecule has 0 amide bonds. The van der Waals surface area contributed by atoms with Crippen LogP contribution in [0.3, 0.4) is 0 Å². The third-order valence-corrected chi connectivity index (χ3v) is 11.6. The van der Waals surface area contributed by atoms with E-state index < -0.39 is 24.6 Å². The highest BCUT2D eigenvalue weighted by Gasteiger charge is 2.58. The van der Waals surface area contributed by atoms with Crippen molar-refractivity contribution in [3.8, 4) is 5.75 Å². The van der Waals surface area contributed by atoms with Gasteiger partial charge in [-0.05, 0) is 109 Å². The number of thioether (sulfide) groups is 1. The molecule has 4 rings (SSSR count). The van der Waals surface area contributed by atoms with Crippen molar-refractivity contribution in [3.05, 3.63) is 29.3 Å². The minimum atomic E-state index is -5.46. The number of phenolic OH excluding ortho intramolecular Hbond substituents is 1. The van der Waals surface area contributed by atoms with Crippen molar-refractivity contribution in [1.29, 1.82) is 0 Å². The maximum Gasteiger partial charge on any atom is 0.453 e. The highest BCUT2D eigenvalue weighted by atomic mass is 32.2. The molecule has 3 aliphatic rings. The predicted octanol–water partition coefficient (Wildman–Crippen LogP) is 9.16. The highest BCUT2D eigenvalue weighted by Crippen LogP contribution is 2.64. The number of hydrogen-bond donors (Lipinski definition) is 3. The van der Waals surface area contributed by atoms with Crippen molar-refractivity contribution < 1.29 is 37.3 Å². The van der Waals surface area contributed by atoms with Crippen LogP contribution in [0.15, 0.2) is 18.2 Å². The molecule has 0 bridgehead atoms. The molecule has 9 heteroatoms. The number of aliphatic hydroxyl groups excluding tert-OH is 2. The molecule has 3 N–H and O–H groups in total. The standard InChI is InChI=1S/C32H47F5O3S/c1-30-17-15-23-22-12-11-21(38)20-25(22)29(40)24(28(23)26(30)13-14-27(30)39)10-7-5-3-2-4-6-8-18-41-19-9-16-31(33,34)32(35,36)37/h11-12,20,23-24,26-29,38-40H,2-10,13-19H2,1H3/t23-,24+,26+,27+,28+,29?,30+/m1/s1. The minimum Gasteiger partial charge on any atom is -0.508 e. The minimum absolute atomic E-state index is 0.0833. The molecule has 234 valence electrons. The lowest BCUT2D eigenvalue weighted by Gasteiger charge is -2.54. The van der Waals surface area contributed by atoms with E-state index in [9.17, 15) is 37.3 Å². The Morgan fingerprint density at radius 2 is 1.51 bits per heavy atom. The van der Waals surface area contributed by atoms with Gasteiger partial charge in [0.15, 0.2) is 0 Å². The Bertz CT molecular complexity index is 989. The normalized spacial score (nSPS) is 31.5. The maximum absolute atomic E-state index is 12.9. The second kappa shape index (κ2) is 13.7. The number of benzene rings is 1. The molecule has 0 saturated heterocycles. The Hall–Kier alpha value is -1.06. The lowest BCUT2D eigenvalue weighted by atomic mass is 9.51. The van der Waals surface area contributed by atoms with E-state index in [0.29, 0.717) is 23.5 Å². The van der Waals surface area contributed by atoms with Crippen LogP contribution in [-0.2, 0) is 0 Å². The first kappa shape index (κ1) is 32.8. The Morgan fingerprint density at radius 1 is 0.854 bits per heavy atom. The summed E-state index contributed by atoms with van der Waals surface area (Å²) in [6.45, 7) is 2.24. The number of fused-ring (bicyclic) bond motifs is 5. The number of phenols is 1. The molecule has 1 unspecified atom stereocenters. The summed E-state index contributed by atoms with van der Waals surface area (Å²) >= 11 is 1.45. The van der Waals surface area contributed by atoms with E-state index in [4.69, 9.17) is 0 Å². The van der Waals surface area contributed by atoms with Crippen LogP contribution in [0.1, 0.15) is 120 Å². The average molecular weight is 607 g/mol. The zero-order chi connectivity index (χ0) is 29.8. The summed E-state index contributed by atoms with van der Waals surface area (Å²) in [5.41, 5.74) is 1.97. The lowest BCUT2D eigenvalue weighted by Crippen LogP contribution is -2.48. The van der Waals surface area contributed by atoms with Gasteiger partial charge in [-0.15, -0.1) is 0 Å². The van der Waals surface area contributed by atoms with Gasteiger partial charge in [0.1, 0.15) is 5.75 Å². The van der Waals surface area contributed by atoms with Crippen LogP contribution in [0.4, 0.5) is 22.0 Å². The molecular formula is C32H47F5O3S. The molecule has 1 aromatic rings. The summed E-state index contributed by atoms with van der Waals surface area (Å²) in [4.78, 5) is 0. The van der Waals surface area contributed by atoms with Crippen LogP contribution >= 0.6 is 11.8 Å². The van der Waals surface area contributed by atoms with Crippen LogP contribution in [0.5, 0.6) is 5.75 Å². The first-order valence-electron chi connectivity index (χ1n) is 15.6. The summed E-state index contributed by atoms with van der Waals surface area (Å²) in [7, 11) is 0. The first-order chi connectivity index (χ1) is 19.4. The van der Waals surface area contributed by atoms with Gasteiger partial charge in [0.2, 0.25) is 0 Å². The molecule has 0 aliphatic heterocycles. The first-order valence-corrected chi connectivity index (χ1v) is 16.7. The topological polar surface area (TPSA) is 60.7 Å². The van der Waals surface area contributed by atoms with E-state index in [1.54, 1.807) is 12.1 Å². The molecule has 3 aliphatic carbocycles. The van der Waals surface area contributed by atoms with Gasteiger partial charge < -0.3 is 15.3 Å². The van der Waals surface area contributed by atoms with E-state index in [-0.39, 0.29) is 29.6 Å². The van der Waals surface area contributed by atoms with E-state index in [1.165, 1.54) is 17.3 Å². The SMILES string of the molecule is C[C@]12CC[C@@H]3c4ccc(O)cc4C(O)[C@@H](CCCCCCCCCSCCCC(F)(F)C(F)(F)F)[C@H]3[C@@H]1CC[C@@H]2O. The van der Waals surface area contributed by atoms with Crippen LogP contribution < -0.4 is 0 Å². The van der Waals surface area contributed by atoms with Crippen LogP contribution in [0, 0.1) is 23.2 Å². The summed E-state index contributed by atoms with van der Waals surface area (Å²) in [5.74, 6) is -2.06. The number of hydrogen-bond acceptors (Lipinski definition) is 4. The van der Waals surface area contributed by atoms with Crippen molar-refractivity contribution in [2.75, 3.05) is 11.5 Å². The fraction of sp³-hybridized carbons (Fsp3) is 0.812. The average Bonchev–Trinajstić information content (AvgIpc) is 3.21. The van der Waals surface area contributed by atoms with Crippen LogP contribution in [0.2, 0.25) is 0 Å². The Balaban J connectivity index is 1.17. The number of alkyl halides is 5. The molecule has 0 aromatic heterocycles. The van der Waals surface area contributed by atoms with Crippen molar-refractivity contribution >= 4 is 11.8 Å². The quantitative estimate of drug-likeness (QED) is 0.146. The second-order valence-electron chi connectivity index (χ2n) is 13.0. The fourth-order valence-electron chi connectivity index (χ4n) is 8.18. The van der Waals surface area contributed by atoms with Gasteiger partial charge in [-0.1, -0.05) is 51.5 Å². The monoisotopic (exact) mass is 606 g/mol. The molecule has 2 saturated carbocycles. The zero-order valence-corrected chi connectivity index (χ0v) is 25.0. The molecular weight excluding hydrogens is 559 g/mol. The van der Waals surface area contributed by atoms with Gasteiger partial charge in [-0.25, -0.2) is 0 Å². The molecule has 3 nitrogen and oxygen atoms in total.